The number of nitrogens with one attached hydrogen (secondary N) is 2. The molecule has 0 radical (unpaired) electrons. The number of urea groups is 1. The fourth-order valence-corrected chi connectivity index (χ4v) is 3.95. The highest BCUT2D eigenvalue weighted by atomic mass is 35.5. The van der Waals surface area contributed by atoms with Gasteiger partial charge in [-0.1, -0.05) is 37.0 Å². The van der Waals surface area contributed by atoms with Crippen molar-refractivity contribution in [3.05, 3.63) is 34.2 Å². The van der Waals surface area contributed by atoms with Crippen LogP contribution in [0.2, 0.25) is 10.3 Å². The van der Waals surface area contributed by atoms with Crippen molar-refractivity contribution in [2.24, 2.45) is 0 Å². The summed E-state index contributed by atoms with van der Waals surface area (Å²) in [7, 11) is -3.09. The molecule has 2 amide bonds. The Kier molecular flexibility index (Phi) is 5.78. The molecule has 29 heavy (non-hydrogen) atoms. The van der Waals surface area contributed by atoms with E-state index in [2.05, 4.69) is 25.4 Å². The minimum absolute atomic E-state index is 0.00903. The Bertz CT molecular complexity index is 1200. The number of hydrogen-bond acceptors (Lipinski definition) is 8. The van der Waals surface area contributed by atoms with Crippen LogP contribution >= 0.6 is 23.2 Å². The molecule has 3 aromatic rings. The average Bonchev–Trinajstić information content (AvgIpc) is 2.95. The fourth-order valence-electron chi connectivity index (χ4n) is 2.29. The Balaban J connectivity index is 1.91. The van der Waals surface area contributed by atoms with E-state index in [9.17, 15) is 13.2 Å². The van der Waals surface area contributed by atoms with Gasteiger partial charge in [0.05, 0.1) is 12.8 Å². The quantitative estimate of drug-likeness (QED) is 0.554. The van der Waals surface area contributed by atoms with E-state index in [-0.39, 0.29) is 33.7 Å². The summed E-state index contributed by atoms with van der Waals surface area (Å²) in [5.41, 5.74) is 0.829. The number of nitrogens with zero attached hydrogens (tertiary/aromatic N) is 5. The molecule has 3 rings (SSSR count). The summed E-state index contributed by atoms with van der Waals surface area (Å²) < 4.78 is 33.3. The van der Waals surface area contributed by atoms with E-state index in [1.54, 1.807) is 12.1 Å². The lowest BCUT2D eigenvalue weighted by molar-refractivity contribution is 0.256. The van der Waals surface area contributed by atoms with Crippen LogP contribution < -0.4 is 14.8 Å². The van der Waals surface area contributed by atoms with E-state index in [0.29, 0.717) is 5.69 Å². The maximum atomic E-state index is 12.8. The molecule has 0 saturated carbocycles. The van der Waals surface area contributed by atoms with Crippen LogP contribution in [0.4, 0.5) is 10.7 Å². The zero-order valence-corrected chi connectivity index (χ0v) is 17.7. The van der Waals surface area contributed by atoms with Gasteiger partial charge in [-0.3, -0.25) is 5.32 Å². The summed E-state index contributed by atoms with van der Waals surface area (Å²) in [6, 6.07) is 3.47. The maximum Gasteiger partial charge on any atom is 0.335 e. The first-order chi connectivity index (χ1) is 13.6. The largest absolute Gasteiger partial charge is 0.481 e. The van der Waals surface area contributed by atoms with Crippen molar-refractivity contribution in [2.75, 3.05) is 12.4 Å². The van der Waals surface area contributed by atoms with Gasteiger partial charge in [-0.15, -0.1) is 0 Å². The summed E-state index contributed by atoms with van der Waals surface area (Å²) in [4.78, 5) is 23.8. The second-order valence-electron chi connectivity index (χ2n) is 6.01. The predicted octanol–water partition coefficient (Wildman–Crippen LogP) is 2.47. The molecule has 0 aliphatic heterocycles. The lowest BCUT2D eigenvalue weighted by Gasteiger charge is -2.09. The zero-order chi connectivity index (χ0) is 21.3. The highest BCUT2D eigenvalue weighted by Crippen LogP contribution is 2.23. The lowest BCUT2D eigenvalue weighted by atomic mass is 10.1. The Morgan fingerprint density at radius 2 is 1.93 bits per heavy atom. The Morgan fingerprint density at radius 1 is 1.21 bits per heavy atom. The van der Waals surface area contributed by atoms with Gasteiger partial charge in [0.25, 0.3) is 10.0 Å². The molecule has 3 heterocycles. The van der Waals surface area contributed by atoms with Crippen molar-refractivity contribution in [2.45, 2.75) is 24.8 Å². The normalized spacial score (nSPS) is 11.7. The van der Waals surface area contributed by atoms with Crippen molar-refractivity contribution in [1.82, 2.24) is 29.3 Å². The maximum absolute atomic E-state index is 12.8. The minimum Gasteiger partial charge on any atom is -0.481 e. The summed E-state index contributed by atoms with van der Waals surface area (Å²) >= 11 is 11.8. The van der Waals surface area contributed by atoms with E-state index < -0.39 is 21.1 Å². The fraction of sp³-hybridized carbons (Fsp3) is 0.267. The number of carbonyl (C=O) groups excluding carboxylic acids is 1. The first kappa shape index (κ1) is 21.0. The molecular formula is C15H15Cl2N7O4S. The van der Waals surface area contributed by atoms with Crippen LogP contribution in [0.3, 0.4) is 0 Å². The molecule has 0 bridgehead atoms. The predicted molar refractivity (Wildman–Crippen MR) is 105 cm³/mol. The second-order valence-corrected chi connectivity index (χ2v) is 8.35. The van der Waals surface area contributed by atoms with E-state index >= 15 is 0 Å². The number of anilines is 1. The van der Waals surface area contributed by atoms with Crippen LogP contribution in [0.15, 0.2) is 23.2 Å². The summed E-state index contributed by atoms with van der Waals surface area (Å²) in [5, 5.41) is 5.59. The molecule has 14 heteroatoms. The van der Waals surface area contributed by atoms with E-state index in [1.165, 1.54) is 13.2 Å². The average molecular weight is 460 g/mol. The molecule has 2 N–H and O–H groups in total. The number of carbonyl (C=O) groups is 1. The van der Waals surface area contributed by atoms with Crippen molar-refractivity contribution in [3.8, 4) is 5.88 Å². The molecule has 0 spiro atoms. The van der Waals surface area contributed by atoms with Gasteiger partial charge in [-0.05, 0) is 18.1 Å². The Hall–Kier alpha value is -2.70. The van der Waals surface area contributed by atoms with Crippen molar-refractivity contribution >= 4 is 50.9 Å². The van der Waals surface area contributed by atoms with Crippen LogP contribution in [-0.4, -0.2) is 46.1 Å². The van der Waals surface area contributed by atoms with Crippen LogP contribution in [0.5, 0.6) is 5.88 Å². The van der Waals surface area contributed by atoms with E-state index in [4.69, 9.17) is 27.9 Å². The molecule has 0 aliphatic rings. The molecule has 0 unspecified atom stereocenters. The van der Waals surface area contributed by atoms with E-state index in [0.717, 1.165) is 4.52 Å². The second kappa shape index (κ2) is 7.97. The number of fused-ring (bicyclic) bond motifs is 1. The van der Waals surface area contributed by atoms with Gasteiger partial charge >= 0.3 is 6.03 Å². The molecule has 0 fully saturated rings. The third-order valence-corrected chi connectivity index (χ3v) is 5.49. The molecule has 11 nitrogen and oxygen atoms in total. The van der Waals surface area contributed by atoms with Crippen molar-refractivity contribution in [1.29, 1.82) is 0 Å². The molecule has 154 valence electrons. The minimum atomic E-state index is -4.44. The number of hydrogen-bond donors (Lipinski definition) is 2. The first-order valence-electron chi connectivity index (χ1n) is 8.08. The smallest absolute Gasteiger partial charge is 0.335 e. The Labute approximate surface area is 175 Å². The standard InChI is InChI=1S/C15H15Cl2N7O4S/c1-7(2)8-4-5-10-19-12(17)13(24(10)22-8)29(26,27)23-15(25)21-14-18-9(16)6-11(20-14)28-3/h4-7H,1-3H3,(H2,18,20,21,23,25). The number of ether oxygens (including phenoxy) is 1. The van der Waals surface area contributed by atoms with Gasteiger partial charge in [0.15, 0.2) is 10.8 Å². The van der Waals surface area contributed by atoms with E-state index in [1.807, 2.05) is 18.6 Å². The van der Waals surface area contributed by atoms with Crippen LogP contribution in [0.25, 0.3) is 5.65 Å². The number of aromatic nitrogens is 5. The number of amides is 2. The molecular weight excluding hydrogens is 445 g/mol. The highest BCUT2D eigenvalue weighted by molar-refractivity contribution is 7.90. The van der Waals surface area contributed by atoms with Gasteiger partial charge in [0, 0.05) is 6.07 Å². The summed E-state index contributed by atoms with van der Waals surface area (Å²) in [6.45, 7) is 3.79. The van der Waals surface area contributed by atoms with Crippen LogP contribution in [-0.2, 0) is 10.0 Å². The van der Waals surface area contributed by atoms with Crippen molar-refractivity contribution in [3.63, 3.8) is 0 Å². The van der Waals surface area contributed by atoms with Crippen LogP contribution in [0.1, 0.15) is 25.5 Å². The lowest BCUT2D eigenvalue weighted by Crippen LogP contribution is -2.35. The monoisotopic (exact) mass is 459 g/mol. The van der Waals surface area contributed by atoms with Gasteiger partial charge in [-0.2, -0.15) is 23.0 Å². The molecule has 0 aromatic carbocycles. The van der Waals surface area contributed by atoms with Gasteiger partial charge in [-0.25, -0.2) is 19.5 Å². The third kappa shape index (κ3) is 4.49. The van der Waals surface area contributed by atoms with Crippen molar-refractivity contribution < 1.29 is 17.9 Å². The van der Waals surface area contributed by atoms with Crippen LogP contribution in [0, 0.1) is 0 Å². The number of imidazole rings is 1. The molecule has 0 saturated heterocycles. The number of sulfonamides is 1. The van der Waals surface area contributed by atoms with Gasteiger partial charge < -0.3 is 4.74 Å². The zero-order valence-electron chi connectivity index (χ0n) is 15.3. The number of methoxy groups -OCH3 is 1. The van der Waals surface area contributed by atoms with Gasteiger partial charge in [0.2, 0.25) is 16.9 Å². The van der Waals surface area contributed by atoms with Gasteiger partial charge in [0.1, 0.15) is 5.15 Å². The molecule has 3 aromatic heterocycles. The summed E-state index contributed by atoms with van der Waals surface area (Å²) in [5.74, 6) is -0.146. The SMILES string of the molecule is COc1cc(Cl)nc(NC(=O)NS(=O)(=O)c2c(Cl)nc3ccc(C(C)C)nn23)n1. The molecule has 0 atom stereocenters. The highest BCUT2D eigenvalue weighted by Gasteiger charge is 2.28. The number of rotatable bonds is 5. The topological polar surface area (TPSA) is 140 Å². The summed E-state index contributed by atoms with van der Waals surface area (Å²) in [6.07, 6.45) is 0. The first-order valence-corrected chi connectivity index (χ1v) is 10.3. The Morgan fingerprint density at radius 3 is 2.59 bits per heavy atom. The number of halogens is 2. The third-order valence-electron chi connectivity index (χ3n) is 3.60. The molecule has 0 aliphatic carbocycles.